The molecule has 10 heteroatoms. The van der Waals surface area contributed by atoms with Gasteiger partial charge in [-0.05, 0) is 28.1 Å². The summed E-state index contributed by atoms with van der Waals surface area (Å²) in [4.78, 5) is 0.0618. The molecular weight excluding hydrogens is 359 g/mol. The molecule has 0 atom stereocenters. The number of rotatable bonds is 1. The number of benzene rings is 1. The second kappa shape index (κ2) is 4.42. The van der Waals surface area contributed by atoms with Gasteiger partial charge in [0.15, 0.2) is 0 Å². The van der Waals surface area contributed by atoms with Crippen LogP contribution < -0.4 is 5.73 Å². The van der Waals surface area contributed by atoms with Gasteiger partial charge in [-0.1, -0.05) is 17.4 Å². The second-order valence-corrected chi connectivity index (χ2v) is 5.63. The third-order valence-electron chi connectivity index (χ3n) is 2.53. The first-order chi connectivity index (χ1) is 9.38. The first kappa shape index (κ1) is 13.3. The summed E-state index contributed by atoms with van der Waals surface area (Å²) >= 11 is 4.25. The van der Waals surface area contributed by atoms with Crippen molar-refractivity contribution in [1.29, 1.82) is 0 Å². The Morgan fingerprint density at radius 3 is 2.70 bits per heavy atom. The standard InChI is InChI=1S/C10H5BrF3N5S/c11-5-3-1-2-4(6(5)15)7-18-19-8(10(12,13)14)16-17-9(19)20-7/h1-3H,15H2. The van der Waals surface area contributed by atoms with Gasteiger partial charge in [0.05, 0.1) is 5.69 Å². The first-order valence-corrected chi connectivity index (χ1v) is 6.82. The van der Waals surface area contributed by atoms with Crippen LogP contribution in [-0.4, -0.2) is 19.8 Å². The van der Waals surface area contributed by atoms with E-state index in [9.17, 15) is 13.2 Å². The van der Waals surface area contributed by atoms with Gasteiger partial charge in [-0.15, -0.1) is 10.2 Å². The van der Waals surface area contributed by atoms with Crippen LogP contribution >= 0.6 is 27.3 Å². The lowest BCUT2D eigenvalue weighted by atomic mass is 10.2. The number of para-hydroxylation sites is 1. The molecule has 0 fully saturated rings. The molecule has 3 aromatic rings. The second-order valence-electron chi connectivity index (χ2n) is 3.82. The molecule has 0 spiro atoms. The van der Waals surface area contributed by atoms with E-state index in [1.807, 2.05) is 0 Å². The highest BCUT2D eigenvalue weighted by Crippen LogP contribution is 2.35. The molecule has 0 aliphatic carbocycles. The maximum absolute atomic E-state index is 12.7. The van der Waals surface area contributed by atoms with Gasteiger partial charge in [0.2, 0.25) is 4.96 Å². The molecule has 0 aliphatic heterocycles. The molecule has 20 heavy (non-hydrogen) atoms. The van der Waals surface area contributed by atoms with E-state index in [4.69, 9.17) is 5.73 Å². The van der Waals surface area contributed by atoms with E-state index in [1.165, 1.54) is 0 Å². The average Bonchev–Trinajstić information content (AvgIpc) is 2.90. The van der Waals surface area contributed by atoms with Crippen LogP contribution in [0.3, 0.4) is 0 Å². The summed E-state index contributed by atoms with van der Waals surface area (Å²) in [7, 11) is 0. The lowest BCUT2D eigenvalue weighted by Gasteiger charge is -2.03. The molecule has 0 bridgehead atoms. The molecule has 0 unspecified atom stereocenters. The number of nitrogens with zero attached hydrogens (tertiary/aromatic N) is 4. The molecule has 0 radical (unpaired) electrons. The topological polar surface area (TPSA) is 69.1 Å². The maximum atomic E-state index is 12.7. The van der Waals surface area contributed by atoms with Crippen LogP contribution in [0.15, 0.2) is 22.7 Å². The van der Waals surface area contributed by atoms with Crippen LogP contribution in [0.5, 0.6) is 0 Å². The molecule has 0 saturated heterocycles. The summed E-state index contributed by atoms with van der Waals surface area (Å²) in [5.74, 6) is -1.15. The van der Waals surface area contributed by atoms with Gasteiger partial charge < -0.3 is 5.73 Å². The van der Waals surface area contributed by atoms with Crippen molar-refractivity contribution < 1.29 is 13.2 Å². The number of fused-ring (bicyclic) bond motifs is 1. The molecule has 3 rings (SSSR count). The molecule has 1 aromatic carbocycles. The SMILES string of the molecule is Nc1c(Br)cccc1-c1nn2c(C(F)(F)F)nnc2s1. The van der Waals surface area contributed by atoms with Crippen LogP contribution in [0.1, 0.15) is 5.82 Å². The van der Waals surface area contributed by atoms with Crippen LogP contribution in [0.4, 0.5) is 18.9 Å². The summed E-state index contributed by atoms with van der Waals surface area (Å²) in [6.45, 7) is 0. The van der Waals surface area contributed by atoms with Gasteiger partial charge in [0.1, 0.15) is 5.01 Å². The predicted molar refractivity (Wildman–Crippen MR) is 71.2 cm³/mol. The van der Waals surface area contributed by atoms with Crippen molar-refractivity contribution in [1.82, 2.24) is 19.8 Å². The zero-order chi connectivity index (χ0) is 14.5. The van der Waals surface area contributed by atoms with Crippen molar-refractivity contribution in [2.75, 3.05) is 5.73 Å². The normalized spacial score (nSPS) is 12.2. The Labute approximate surface area is 122 Å². The fourth-order valence-corrected chi connectivity index (χ4v) is 2.87. The molecular formula is C10H5BrF3N5S. The van der Waals surface area contributed by atoms with E-state index >= 15 is 0 Å². The average molecular weight is 364 g/mol. The predicted octanol–water partition coefficient (Wildman–Crippen LogP) is 3.22. The van der Waals surface area contributed by atoms with Crippen molar-refractivity contribution in [2.24, 2.45) is 0 Å². The quantitative estimate of drug-likeness (QED) is 0.674. The summed E-state index contributed by atoms with van der Waals surface area (Å²) in [5.41, 5.74) is 6.83. The highest BCUT2D eigenvalue weighted by Gasteiger charge is 2.38. The van der Waals surface area contributed by atoms with Gasteiger partial charge in [-0.3, -0.25) is 0 Å². The molecule has 2 heterocycles. The van der Waals surface area contributed by atoms with Crippen molar-refractivity contribution in [3.05, 3.63) is 28.5 Å². The number of hydrogen-bond acceptors (Lipinski definition) is 5. The van der Waals surface area contributed by atoms with Crippen molar-refractivity contribution in [3.8, 4) is 10.6 Å². The highest BCUT2D eigenvalue weighted by atomic mass is 79.9. The number of anilines is 1. The maximum Gasteiger partial charge on any atom is 0.453 e. The zero-order valence-electron chi connectivity index (χ0n) is 9.52. The Kier molecular flexibility index (Phi) is 2.94. The van der Waals surface area contributed by atoms with Crippen LogP contribution in [-0.2, 0) is 6.18 Å². The van der Waals surface area contributed by atoms with Gasteiger partial charge in [0.25, 0.3) is 5.82 Å². The smallest absolute Gasteiger partial charge is 0.397 e. The third-order valence-corrected chi connectivity index (χ3v) is 4.15. The number of aromatic nitrogens is 4. The Hall–Kier alpha value is -1.68. The van der Waals surface area contributed by atoms with E-state index in [-0.39, 0.29) is 4.96 Å². The molecule has 0 saturated carbocycles. The minimum Gasteiger partial charge on any atom is -0.397 e. The van der Waals surface area contributed by atoms with Crippen LogP contribution in [0, 0.1) is 0 Å². The minimum atomic E-state index is -4.60. The Bertz CT molecular complexity index is 794. The fraction of sp³-hybridized carbons (Fsp3) is 0.100. The fourth-order valence-electron chi connectivity index (χ4n) is 1.63. The van der Waals surface area contributed by atoms with Crippen molar-refractivity contribution in [3.63, 3.8) is 0 Å². The number of nitrogens with two attached hydrogens (primary N) is 1. The Balaban J connectivity index is 2.19. The monoisotopic (exact) mass is 363 g/mol. The number of halogens is 4. The largest absolute Gasteiger partial charge is 0.453 e. The van der Waals surface area contributed by atoms with Gasteiger partial charge in [-0.25, -0.2) is 0 Å². The lowest BCUT2D eigenvalue weighted by Crippen LogP contribution is -2.11. The van der Waals surface area contributed by atoms with Crippen molar-refractivity contribution >= 4 is 37.9 Å². The summed E-state index contributed by atoms with van der Waals surface area (Å²) in [6.07, 6.45) is -4.60. The molecule has 5 nitrogen and oxygen atoms in total. The summed E-state index contributed by atoms with van der Waals surface area (Å²) in [5, 5.41) is 10.8. The van der Waals surface area contributed by atoms with E-state index < -0.39 is 12.0 Å². The Morgan fingerprint density at radius 1 is 1.25 bits per heavy atom. The van der Waals surface area contributed by atoms with E-state index in [1.54, 1.807) is 18.2 Å². The zero-order valence-corrected chi connectivity index (χ0v) is 11.9. The van der Waals surface area contributed by atoms with Gasteiger partial charge in [-0.2, -0.15) is 22.8 Å². The van der Waals surface area contributed by atoms with Gasteiger partial charge >= 0.3 is 6.18 Å². The van der Waals surface area contributed by atoms with E-state index in [0.717, 1.165) is 11.3 Å². The van der Waals surface area contributed by atoms with Crippen LogP contribution in [0.2, 0.25) is 0 Å². The minimum absolute atomic E-state index is 0.0618. The molecule has 104 valence electrons. The summed E-state index contributed by atoms with van der Waals surface area (Å²) < 4.78 is 39.5. The highest BCUT2D eigenvalue weighted by molar-refractivity contribution is 9.10. The molecule has 0 amide bonds. The molecule has 0 aliphatic rings. The molecule has 2 aromatic heterocycles. The lowest BCUT2D eigenvalue weighted by molar-refractivity contribution is -0.146. The third kappa shape index (κ3) is 2.04. The molecule has 2 N–H and O–H groups in total. The number of hydrogen-bond donors (Lipinski definition) is 1. The first-order valence-electron chi connectivity index (χ1n) is 5.21. The number of alkyl halides is 3. The summed E-state index contributed by atoms with van der Waals surface area (Å²) in [6, 6.07) is 5.14. The number of nitrogen functional groups attached to an aromatic ring is 1. The van der Waals surface area contributed by atoms with Crippen molar-refractivity contribution in [2.45, 2.75) is 6.18 Å². The Morgan fingerprint density at radius 2 is 2.00 bits per heavy atom. The van der Waals surface area contributed by atoms with Crippen LogP contribution in [0.25, 0.3) is 15.5 Å². The van der Waals surface area contributed by atoms with E-state index in [0.29, 0.717) is 25.2 Å². The van der Waals surface area contributed by atoms with Gasteiger partial charge in [0, 0.05) is 10.0 Å². The van der Waals surface area contributed by atoms with E-state index in [2.05, 4.69) is 31.2 Å².